The second-order valence-electron chi connectivity index (χ2n) is 6.08. The maximum absolute atomic E-state index is 6.00. The molecule has 0 bridgehead atoms. The summed E-state index contributed by atoms with van der Waals surface area (Å²) in [7, 11) is 2.21. The van der Waals surface area contributed by atoms with Crippen LogP contribution < -0.4 is 10.5 Å². The summed E-state index contributed by atoms with van der Waals surface area (Å²) in [6.07, 6.45) is 2.76. The summed E-state index contributed by atoms with van der Waals surface area (Å²) in [5.74, 6) is 1.87. The molecule has 1 saturated carbocycles. The fourth-order valence-electron chi connectivity index (χ4n) is 2.65. The molecule has 0 aliphatic heterocycles. The Morgan fingerprint density at radius 1 is 1.35 bits per heavy atom. The molecule has 112 valence electrons. The summed E-state index contributed by atoms with van der Waals surface area (Å²) < 4.78 is 5.76. The first-order valence-corrected chi connectivity index (χ1v) is 7.74. The van der Waals surface area contributed by atoms with E-state index < -0.39 is 0 Å². The standard InChI is InChI=1S/C17H28N2O/c1-5-20-17-9-8-15(12(2)18)10-16(17)11-19(4)13(3)14-6-7-14/h8-10,12-14H,5-7,11,18H2,1-4H3. The van der Waals surface area contributed by atoms with Gasteiger partial charge >= 0.3 is 0 Å². The van der Waals surface area contributed by atoms with Gasteiger partial charge in [0.1, 0.15) is 5.75 Å². The zero-order chi connectivity index (χ0) is 14.7. The second-order valence-corrected chi connectivity index (χ2v) is 6.08. The second kappa shape index (κ2) is 6.59. The third-order valence-corrected chi connectivity index (χ3v) is 4.33. The molecule has 0 aromatic heterocycles. The zero-order valence-corrected chi connectivity index (χ0v) is 13.2. The van der Waals surface area contributed by atoms with Crippen molar-refractivity contribution in [3.63, 3.8) is 0 Å². The molecule has 2 unspecified atom stereocenters. The third kappa shape index (κ3) is 3.74. The van der Waals surface area contributed by atoms with Crippen LogP contribution >= 0.6 is 0 Å². The van der Waals surface area contributed by atoms with E-state index in [-0.39, 0.29) is 6.04 Å². The van der Waals surface area contributed by atoms with Crippen molar-refractivity contribution >= 4 is 0 Å². The van der Waals surface area contributed by atoms with Crippen LogP contribution in [0.5, 0.6) is 5.75 Å². The first-order chi connectivity index (χ1) is 9.52. The lowest BCUT2D eigenvalue weighted by molar-refractivity contribution is 0.222. The highest BCUT2D eigenvalue weighted by Gasteiger charge is 2.30. The Morgan fingerprint density at radius 3 is 2.60 bits per heavy atom. The average Bonchev–Trinajstić information content (AvgIpc) is 3.24. The van der Waals surface area contributed by atoms with Crippen molar-refractivity contribution in [2.75, 3.05) is 13.7 Å². The Labute approximate surface area is 123 Å². The van der Waals surface area contributed by atoms with E-state index in [1.165, 1.54) is 24.0 Å². The highest BCUT2D eigenvalue weighted by Crippen LogP contribution is 2.35. The minimum absolute atomic E-state index is 0.0654. The van der Waals surface area contributed by atoms with Crippen LogP contribution in [0.4, 0.5) is 0 Å². The molecule has 2 rings (SSSR count). The van der Waals surface area contributed by atoms with Crippen molar-refractivity contribution in [3.8, 4) is 5.75 Å². The normalized spacial score (nSPS) is 18.1. The maximum atomic E-state index is 6.00. The molecule has 0 amide bonds. The SMILES string of the molecule is CCOc1ccc(C(C)N)cc1CN(C)C(C)C1CC1. The largest absolute Gasteiger partial charge is 0.494 e. The van der Waals surface area contributed by atoms with Crippen LogP contribution in [-0.4, -0.2) is 24.6 Å². The van der Waals surface area contributed by atoms with Gasteiger partial charge < -0.3 is 10.5 Å². The van der Waals surface area contributed by atoms with Crippen LogP contribution in [0.3, 0.4) is 0 Å². The highest BCUT2D eigenvalue weighted by molar-refractivity contribution is 5.38. The summed E-state index contributed by atoms with van der Waals surface area (Å²) in [4.78, 5) is 2.43. The number of nitrogens with zero attached hydrogens (tertiary/aromatic N) is 1. The first kappa shape index (κ1) is 15.3. The van der Waals surface area contributed by atoms with E-state index in [1.54, 1.807) is 0 Å². The smallest absolute Gasteiger partial charge is 0.123 e. The van der Waals surface area contributed by atoms with Gasteiger partial charge in [-0.2, -0.15) is 0 Å². The van der Waals surface area contributed by atoms with Crippen LogP contribution in [0.15, 0.2) is 18.2 Å². The van der Waals surface area contributed by atoms with Crippen LogP contribution in [0.2, 0.25) is 0 Å². The van der Waals surface area contributed by atoms with Crippen LogP contribution in [0, 0.1) is 5.92 Å². The Hall–Kier alpha value is -1.06. The molecule has 0 radical (unpaired) electrons. The fraction of sp³-hybridized carbons (Fsp3) is 0.647. The minimum atomic E-state index is 0.0654. The van der Waals surface area contributed by atoms with Gasteiger partial charge in [0.15, 0.2) is 0 Å². The molecule has 1 aliphatic rings. The molecule has 2 atom stereocenters. The molecular weight excluding hydrogens is 248 g/mol. The van der Waals surface area contributed by atoms with E-state index in [0.717, 1.165) is 18.2 Å². The zero-order valence-electron chi connectivity index (χ0n) is 13.2. The van der Waals surface area contributed by atoms with E-state index in [0.29, 0.717) is 12.6 Å². The number of hydrogen-bond acceptors (Lipinski definition) is 3. The van der Waals surface area contributed by atoms with Crippen molar-refractivity contribution in [3.05, 3.63) is 29.3 Å². The number of hydrogen-bond donors (Lipinski definition) is 1. The van der Waals surface area contributed by atoms with E-state index in [2.05, 4.69) is 37.1 Å². The quantitative estimate of drug-likeness (QED) is 0.830. The molecule has 3 nitrogen and oxygen atoms in total. The molecular formula is C17H28N2O. The lowest BCUT2D eigenvalue weighted by Gasteiger charge is -2.26. The predicted molar refractivity (Wildman–Crippen MR) is 83.9 cm³/mol. The topological polar surface area (TPSA) is 38.5 Å². The number of rotatable bonds is 7. The van der Waals surface area contributed by atoms with E-state index in [4.69, 9.17) is 10.5 Å². The lowest BCUT2D eigenvalue weighted by Crippen LogP contribution is -2.30. The van der Waals surface area contributed by atoms with Gasteiger partial charge in [0.05, 0.1) is 6.61 Å². The van der Waals surface area contributed by atoms with Crippen LogP contribution in [0.25, 0.3) is 0 Å². The molecule has 0 saturated heterocycles. The molecule has 0 spiro atoms. The lowest BCUT2D eigenvalue weighted by atomic mass is 10.0. The van der Waals surface area contributed by atoms with Crippen molar-refractivity contribution in [1.29, 1.82) is 0 Å². The van der Waals surface area contributed by atoms with Gasteiger partial charge in [-0.05, 0) is 64.3 Å². The Morgan fingerprint density at radius 2 is 2.05 bits per heavy atom. The summed E-state index contributed by atoms with van der Waals surface area (Å²) in [5.41, 5.74) is 8.42. The van der Waals surface area contributed by atoms with E-state index in [1.807, 2.05) is 13.8 Å². The summed E-state index contributed by atoms with van der Waals surface area (Å²) in [5, 5.41) is 0. The van der Waals surface area contributed by atoms with Crippen LogP contribution in [0.1, 0.15) is 50.8 Å². The number of nitrogens with two attached hydrogens (primary N) is 1. The molecule has 1 aromatic rings. The molecule has 1 aliphatic carbocycles. The monoisotopic (exact) mass is 276 g/mol. The summed E-state index contributed by atoms with van der Waals surface area (Å²) in [6.45, 7) is 8.00. The molecule has 1 fully saturated rings. The number of benzene rings is 1. The van der Waals surface area contributed by atoms with Gasteiger partial charge in [-0.3, -0.25) is 4.90 Å². The third-order valence-electron chi connectivity index (χ3n) is 4.33. The molecule has 0 heterocycles. The molecule has 1 aromatic carbocycles. The Kier molecular flexibility index (Phi) is 5.06. The minimum Gasteiger partial charge on any atom is -0.494 e. The Bertz CT molecular complexity index is 441. The summed E-state index contributed by atoms with van der Waals surface area (Å²) >= 11 is 0. The van der Waals surface area contributed by atoms with Crippen molar-refractivity contribution < 1.29 is 4.74 Å². The summed E-state index contributed by atoms with van der Waals surface area (Å²) in [6, 6.07) is 7.04. The average molecular weight is 276 g/mol. The van der Waals surface area contributed by atoms with Gasteiger partial charge in [-0.25, -0.2) is 0 Å². The first-order valence-electron chi connectivity index (χ1n) is 7.74. The van der Waals surface area contributed by atoms with Gasteiger partial charge in [0.2, 0.25) is 0 Å². The van der Waals surface area contributed by atoms with Gasteiger partial charge in [-0.1, -0.05) is 6.07 Å². The molecule has 2 N–H and O–H groups in total. The fourth-order valence-corrected chi connectivity index (χ4v) is 2.65. The van der Waals surface area contributed by atoms with Crippen LogP contribution in [-0.2, 0) is 6.54 Å². The Balaban J connectivity index is 2.15. The molecule has 3 heteroatoms. The van der Waals surface area contributed by atoms with Gasteiger partial charge in [0, 0.05) is 24.2 Å². The van der Waals surface area contributed by atoms with Gasteiger partial charge in [0.25, 0.3) is 0 Å². The van der Waals surface area contributed by atoms with Crippen molar-refractivity contribution in [1.82, 2.24) is 4.90 Å². The number of ether oxygens (including phenoxy) is 1. The highest BCUT2D eigenvalue weighted by atomic mass is 16.5. The van der Waals surface area contributed by atoms with Gasteiger partial charge in [-0.15, -0.1) is 0 Å². The molecule has 20 heavy (non-hydrogen) atoms. The predicted octanol–water partition coefficient (Wildman–Crippen LogP) is 3.34. The van der Waals surface area contributed by atoms with E-state index >= 15 is 0 Å². The maximum Gasteiger partial charge on any atom is 0.123 e. The van der Waals surface area contributed by atoms with E-state index in [9.17, 15) is 0 Å². The van der Waals surface area contributed by atoms with Crippen molar-refractivity contribution in [2.24, 2.45) is 11.7 Å². The van der Waals surface area contributed by atoms with Crippen molar-refractivity contribution in [2.45, 2.75) is 52.2 Å².